The van der Waals surface area contributed by atoms with Crippen LogP contribution in [0.25, 0.3) is 0 Å². The monoisotopic (exact) mass is 378 g/mol. The molecule has 0 heterocycles. The summed E-state index contributed by atoms with van der Waals surface area (Å²) in [6.07, 6.45) is 0. The second kappa shape index (κ2) is 8.88. The number of hydrogen-bond acceptors (Lipinski definition) is 2. The maximum Gasteiger partial charge on any atom is 0.251 e. The molecular formula is C19H20Cl2N2O2. The van der Waals surface area contributed by atoms with Crippen molar-refractivity contribution in [2.24, 2.45) is 5.92 Å². The molecule has 2 N–H and O–H groups in total. The third kappa shape index (κ3) is 5.48. The Balaban J connectivity index is 2.01. The van der Waals surface area contributed by atoms with Crippen molar-refractivity contribution in [3.63, 3.8) is 0 Å². The van der Waals surface area contributed by atoms with E-state index in [0.717, 1.165) is 5.56 Å². The van der Waals surface area contributed by atoms with E-state index in [9.17, 15) is 9.59 Å². The Kier molecular flexibility index (Phi) is 6.85. The Morgan fingerprint density at radius 2 is 1.72 bits per heavy atom. The van der Waals surface area contributed by atoms with Crippen LogP contribution >= 0.6 is 23.2 Å². The van der Waals surface area contributed by atoms with Gasteiger partial charge in [0.2, 0.25) is 5.91 Å². The third-order valence-electron chi connectivity index (χ3n) is 3.74. The molecule has 0 radical (unpaired) electrons. The third-order valence-corrected chi connectivity index (χ3v) is 4.33. The van der Waals surface area contributed by atoms with Crippen molar-refractivity contribution >= 4 is 35.0 Å². The molecule has 1 unspecified atom stereocenters. The number of carbonyl (C=O) groups is 2. The second-order valence-electron chi connectivity index (χ2n) is 6.01. The van der Waals surface area contributed by atoms with Crippen molar-refractivity contribution < 1.29 is 9.59 Å². The quantitative estimate of drug-likeness (QED) is 0.795. The predicted octanol–water partition coefficient (Wildman–Crippen LogP) is 4.06. The van der Waals surface area contributed by atoms with Gasteiger partial charge in [0.15, 0.2) is 0 Å². The maximum absolute atomic E-state index is 12.5. The zero-order valence-corrected chi connectivity index (χ0v) is 15.6. The van der Waals surface area contributed by atoms with Gasteiger partial charge in [-0.05, 0) is 35.7 Å². The normalized spacial score (nSPS) is 11.9. The van der Waals surface area contributed by atoms with Gasteiger partial charge >= 0.3 is 0 Å². The van der Waals surface area contributed by atoms with Crippen molar-refractivity contribution in [2.75, 3.05) is 0 Å². The topological polar surface area (TPSA) is 58.2 Å². The molecule has 0 aliphatic heterocycles. The molecule has 2 amide bonds. The smallest absolute Gasteiger partial charge is 0.251 e. The van der Waals surface area contributed by atoms with Gasteiger partial charge in [-0.25, -0.2) is 0 Å². The number of benzene rings is 2. The summed E-state index contributed by atoms with van der Waals surface area (Å²) < 4.78 is 0. The molecule has 0 aliphatic carbocycles. The molecule has 0 spiro atoms. The van der Waals surface area contributed by atoms with E-state index in [1.807, 2.05) is 19.9 Å². The van der Waals surface area contributed by atoms with Gasteiger partial charge in [-0.2, -0.15) is 0 Å². The molecule has 1 atom stereocenters. The number of rotatable bonds is 6. The lowest BCUT2D eigenvalue weighted by Gasteiger charge is -2.22. The minimum absolute atomic E-state index is 0.0617. The van der Waals surface area contributed by atoms with Crippen molar-refractivity contribution in [3.8, 4) is 0 Å². The summed E-state index contributed by atoms with van der Waals surface area (Å²) in [7, 11) is 0. The van der Waals surface area contributed by atoms with Crippen LogP contribution in [0.5, 0.6) is 0 Å². The van der Waals surface area contributed by atoms with Crippen LogP contribution in [-0.2, 0) is 11.3 Å². The molecule has 2 rings (SSSR count). The fourth-order valence-corrected chi connectivity index (χ4v) is 2.78. The highest BCUT2D eigenvalue weighted by atomic mass is 35.5. The van der Waals surface area contributed by atoms with Gasteiger partial charge in [-0.1, -0.05) is 61.3 Å². The van der Waals surface area contributed by atoms with Crippen LogP contribution in [0.15, 0.2) is 48.5 Å². The Hall–Kier alpha value is -2.04. The number of hydrogen-bond donors (Lipinski definition) is 2. The van der Waals surface area contributed by atoms with Crippen LogP contribution in [0.2, 0.25) is 10.0 Å². The highest BCUT2D eigenvalue weighted by molar-refractivity contribution is 6.35. The molecule has 0 bridgehead atoms. The SMILES string of the molecule is CC(C)C(NC(=O)c1ccccc1)C(=O)NCc1ccc(Cl)cc1Cl. The van der Waals surface area contributed by atoms with Gasteiger partial charge in [0, 0.05) is 22.2 Å². The lowest BCUT2D eigenvalue weighted by atomic mass is 10.0. The minimum atomic E-state index is -0.640. The predicted molar refractivity (Wildman–Crippen MR) is 101 cm³/mol. The standard InChI is InChI=1S/C19H20Cl2N2O2/c1-12(2)17(23-18(24)13-6-4-3-5-7-13)19(25)22-11-14-8-9-15(20)10-16(14)21/h3-10,12,17H,11H2,1-2H3,(H,22,25)(H,23,24). The van der Waals surface area contributed by atoms with Crippen LogP contribution in [0, 0.1) is 5.92 Å². The first-order valence-electron chi connectivity index (χ1n) is 7.96. The molecule has 2 aromatic carbocycles. The highest BCUT2D eigenvalue weighted by Crippen LogP contribution is 2.20. The van der Waals surface area contributed by atoms with E-state index in [4.69, 9.17) is 23.2 Å². The summed E-state index contributed by atoms with van der Waals surface area (Å²) in [6, 6.07) is 13.3. The molecule has 0 saturated heterocycles. The van der Waals surface area contributed by atoms with Crippen molar-refractivity contribution in [1.82, 2.24) is 10.6 Å². The van der Waals surface area contributed by atoms with Crippen LogP contribution in [-0.4, -0.2) is 17.9 Å². The first-order valence-corrected chi connectivity index (χ1v) is 8.71. The van der Waals surface area contributed by atoms with Crippen molar-refractivity contribution in [1.29, 1.82) is 0 Å². The maximum atomic E-state index is 12.5. The fraction of sp³-hybridized carbons (Fsp3) is 0.263. The van der Waals surface area contributed by atoms with E-state index in [0.29, 0.717) is 15.6 Å². The van der Waals surface area contributed by atoms with E-state index < -0.39 is 6.04 Å². The Morgan fingerprint density at radius 3 is 2.32 bits per heavy atom. The first-order chi connectivity index (χ1) is 11.9. The average molecular weight is 379 g/mol. The Bertz CT molecular complexity index is 748. The van der Waals surface area contributed by atoms with Crippen molar-refractivity contribution in [2.45, 2.75) is 26.4 Å². The Labute approximate surface area is 157 Å². The van der Waals surface area contributed by atoms with E-state index in [1.165, 1.54) is 0 Å². The lowest BCUT2D eigenvalue weighted by Crippen LogP contribution is -2.49. The van der Waals surface area contributed by atoms with Gasteiger partial charge < -0.3 is 10.6 Å². The summed E-state index contributed by atoms with van der Waals surface area (Å²) in [6.45, 7) is 4.02. The van der Waals surface area contributed by atoms with E-state index in [-0.39, 0.29) is 24.3 Å². The van der Waals surface area contributed by atoms with Gasteiger partial charge in [0.25, 0.3) is 5.91 Å². The fourth-order valence-electron chi connectivity index (χ4n) is 2.31. The average Bonchev–Trinajstić information content (AvgIpc) is 2.59. The summed E-state index contributed by atoms with van der Waals surface area (Å²) in [5.74, 6) is -0.599. The molecular weight excluding hydrogens is 359 g/mol. The number of carbonyl (C=O) groups excluding carboxylic acids is 2. The molecule has 0 fully saturated rings. The van der Waals surface area contributed by atoms with Gasteiger partial charge in [0.1, 0.15) is 6.04 Å². The van der Waals surface area contributed by atoms with Crippen LogP contribution in [0.1, 0.15) is 29.8 Å². The highest BCUT2D eigenvalue weighted by Gasteiger charge is 2.24. The first kappa shape index (κ1) is 19.3. The number of amides is 2. The van der Waals surface area contributed by atoms with E-state index in [1.54, 1.807) is 42.5 Å². The molecule has 0 saturated carbocycles. The van der Waals surface area contributed by atoms with Crippen LogP contribution in [0.3, 0.4) is 0 Å². The second-order valence-corrected chi connectivity index (χ2v) is 6.86. The zero-order chi connectivity index (χ0) is 18.4. The largest absolute Gasteiger partial charge is 0.350 e. The Morgan fingerprint density at radius 1 is 1.04 bits per heavy atom. The minimum Gasteiger partial charge on any atom is -0.350 e. The molecule has 0 aliphatic rings. The van der Waals surface area contributed by atoms with E-state index >= 15 is 0 Å². The molecule has 4 nitrogen and oxygen atoms in total. The van der Waals surface area contributed by atoms with Crippen LogP contribution in [0.4, 0.5) is 0 Å². The van der Waals surface area contributed by atoms with Gasteiger partial charge in [0.05, 0.1) is 0 Å². The van der Waals surface area contributed by atoms with Crippen LogP contribution < -0.4 is 10.6 Å². The molecule has 2 aromatic rings. The summed E-state index contributed by atoms with van der Waals surface area (Å²) in [5.41, 5.74) is 1.28. The van der Waals surface area contributed by atoms with E-state index in [2.05, 4.69) is 10.6 Å². The lowest BCUT2D eigenvalue weighted by molar-refractivity contribution is -0.124. The van der Waals surface area contributed by atoms with Gasteiger partial charge in [-0.15, -0.1) is 0 Å². The molecule has 25 heavy (non-hydrogen) atoms. The zero-order valence-electron chi connectivity index (χ0n) is 14.1. The molecule has 6 heteroatoms. The van der Waals surface area contributed by atoms with Gasteiger partial charge in [-0.3, -0.25) is 9.59 Å². The number of nitrogens with one attached hydrogen (secondary N) is 2. The number of halogens is 2. The van der Waals surface area contributed by atoms with Crippen molar-refractivity contribution in [3.05, 3.63) is 69.7 Å². The molecule has 132 valence electrons. The molecule has 0 aromatic heterocycles. The summed E-state index contributed by atoms with van der Waals surface area (Å²) in [5, 5.41) is 6.63. The summed E-state index contributed by atoms with van der Waals surface area (Å²) in [4.78, 5) is 24.8. The summed E-state index contributed by atoms with van der Waals surface area (Å²) >= 11 is 12.0.